The number of H-pyrrole nitrogens is 1. The first-order valence-electron chi connectivity index (χ1n) is 33.2. The number of thioether (sulfide) groups is 1. The Labute approximate surface area is 554 Å². The summed E-state index contributed by atoms with van der Waals surface area (Å²) in [6, 6.07) is 41.2. The zero-order valence-corrected chi connectivity index (χ0v) is 54.3. The molecular formula is C73H89N11O9S. The summed E-state index contributed by atoms with van der Waals surface area (Å²) in [5.74, 6) is -2.72. The molecule has 1 aromatic heterocycles. The van der Waals surface area contributed by atoms with E-state index in [0.29, 0.717) is 54.9 Å². The van der Waals surface area contributed by atoms with E-state index in [0.717, 1.165) is 58.8 Å². The van der Waals surface area contributed by atoms with Crippen LogP contribution in [0.3, 0.4) is 0 Å². The van der Waals surface area contributed by atoms with Crippen molar-refractivity contribution in [2.45, 2.75) is 125 Å². The van der Waals surface area contributed by atoms with E-state index in [1.54, 1.807) is 17.0 Å². The third-order valence-corrected chi connectivity index (χ3v) is 19.3. The number of aromatic nitrogens is 1. The van der Waals surface area contributed by atoms with Crippen LogP contribution in [0.15, 0.2) is 146 Å². The maximum absolute atomic E-state index is 15.0. The van der Waals surface area contributed by atoms with Gasteiger partial charge < -0.3 is 57.3 Å². The van der Waals surface area contributed by atoms with Crippen LogP contribution in [-0.2, 0) is 63.4 Å². The zero-order chi connectivity index (χ0) is 66.0. The minimum absolute atomic E-state index is 0.0496. The van der Waals surface area contributed by atoms with E-state index in [1.807, 2.05) is 134 Å². The maximum atomic E-state index is 15.0. The van der Waals surface area contributed by atoms with Crippen LogP contribution in [0.25, 0.3) is 10.9 Å². The van der Waals surface area contributed by atoms with Gasteiger partial charge in [0.25, 0.3) is 5.91 Å². The van der Waals surface area contributed by atoms with Crippen LogP contribution in [0.5, 0.6) is 0 Å². The molecule has 6 aromatic rings. The lowest BCUT2D eigenvalue weighted by Gasteiger charge is -2.32. The Balaban J connectivity index is 0.988. The summed E-state index contributed by atoms with van der Waals surface area (Å²) in [7, 11) is 0. The molecule has 2 bridgehead atoms. The Morgan fingerprint density at radius 3 is 1.80 bits per heavy atom. The van der Waals surface area contributed by atoms with Crippen LogP contribution in [0, 0.1) is 11.8 Å². The first kappa shape index (κ1) is 68.1. The average Bonchev–Trinajstić information content (AvgIpc) is 1.58. The molecular weight excluding hydrogens is 1210 g/mol. The molecule has 1 spiro atoms. The summed E-state index contributed by atoms with van der Waals surface area (Å²) in [5.41, 5.74) is 16.5. The standard InChI is InChI=1S/C73H89N11O9S/c74-32-13-12-20-58-41-82(69(90)35-51-16-6-2-7-17-51)46-66(87)78-59(34-50-14-4-1-5-15-50)42-81(44-64(75)85)68(89)31-33-94-48-54-27-29-56(30-28-54)72(93)80-73(39-62(73)55-18-8-3-9-19-55)49-84(71(92)37-53-25-26-53)47-67(88)79-60(38-57-40-76-63-22-11-10-21-61(57)63)43-83(45-65(86)77-58)70(91)36-52-23-24-52/h1-11,14-19,21-22,27-30,40,52-53,58-60,62,76H,12-13,20,23-26,31-39,41-49,74H2,(H2,75,85)(H,77,86)(H,78,87)(H,79,88)(H,80,93)/t58-,59-,60-,62-,73-/m0/s1. The molecule has 5 atom stereocenters. The van der Waals surface area contributed by atoms with Gasteiger partial charge in [0, 0.05) is 91.6 Å². The number of hydrogen-bond acceptors (Lipinski definition) is 11. The average molecular weight is 1300 g/mol. The van der Waals surface area contributed by atoms with Crippen LogP contribution in [-0.4, -0.2) is 166 Å². The molecule has 3 fully saturated rings. The fourth-order valence-corrected chi connectivity index (χ4v) is 13.7. The highest BCUT2D eigenvalue weighted by molar-refractivity contribution is 7.98. The first-order valence-corrected chi connectivity index (χ1v) is 34.3. The minimum Gasteiger partial charge on any atom is -0.368 e. The third kappa shape index (κ3) is 20.3. The third-order valence-electron chi connectivity index (χ3n) is 18.2. The molecule has 3 aliphatic carbocycles. The second-order valence-electron chi connectivity index (χ2n) is 26.1. The number of benzene rings is 5. The van der Waals surface area contributed by atoms with Crippen LogP contribution in [0.2, 0.25) is 0 Å². The lowest BCUT2D eigenvalue weighted by molar-refractivity contribution is -0.138. The SMILES string of the molecule is NCCCC[C@H]1CN(C(=O)Cc2ccccc2)CC(=O)N[C@@H](Cc2ccccc2)CN(CC(N)=O)C(=O)CCSCc2ccc(cc2)C(=O)N[C@@]2(C[C@H]2c2ccccc2)CN(C(=O)CC2CC2)CC(=O)N[C@@H](Cc2c[nH]c3ccccc23)CN(C(=O)CC2CC2)CC(=O)N1. The number of primary amides is 1. The summed E-state index contributed by atoms with van der Waals surface area (Å²) < 4.78 is 0. The summed E-state index contributed by atoms with van der Waals surface area (Å²) in [4.78, 5) is 139. The molecule has 9 N–H and O–H groups in total. The van der Waals surface area contributed by atoms with Gasteiger partial charge in [-0.3, -0.25) is 43.2 Å². The van der Waals surface area contributed by atoms with Gasteiger partial charge in [-0.15, -0.1) is 0 Å². The van der Waals surface area contributed by atoms with Gasteiger partial charge in [0.15, 0.2) is 0 Å². The number of carbonyl (C=O) groups is 9. The highest BCUT2D eigenvalue weighted by Crippen LogP contribution is 2.52. The van der Waals surface area contributed by atoms with Gasteiger partial charge in [0.1, 0.15) is 0 Å². The molecule has 94 heavy (non-hydrogen) atoms. The summed E-state index contributed by atoms with van der Waals surface area (Å²) in [6.45, 7) is -1.35. The topological polar surface area (TPSA) is 283 Å². The Kier molecular flexibility index (Phi) is 23.8. The van der Waals surface area contributed by atoms with Crippen LogP contribution < -0.4 is 32.7 Å². The van der Waals surface area contributed by atoms with Gasteiger partial charge in [-0.1, -0.05) is 128 Å². The molecule has 0 saturated heterocycles. The Morgan fingerprint density at radius 1 is 0.596 bits per heavy atom. The number of unbranched alkanes of at least 4 members (excludes halogenated alkanes) is 1. The number of fused-ring (bicyclic) bond motifs is 28. The van der Waals surface area contributed by atoms with Crippen molar-refractivity contribution in [2.75, 3.05) is 64.7 Å². The van der Waals surface area contributed by atoms with Crippen molar-refractivity contribution in [3.63, 3.8) is 0 Å². The van der Waals surface area contributed by atoms with E-state index in [-0.39, 0.29) is 119 Å². The second-order valence-corrected chi connectivity index (χ2v) is 27.2. The number of nitrogens with zero attached hydrogens (tertiary/aromatic N) is 4. The lowest BCUT2D eigenvalue weighted by atomic mass is 10.0. The van der Waals surface area contributed by atoms with Gasteiger partial charge in [-0.2, -0.15) is 11.8 Å². The molecule has 9 amide bonds. The van der Waals surface area contributed by atoms with Gasteiger partial charge in [0.05, 0.1) is 50.2 Å². The largest absolute Gasteiger partial charge is 0.368 e. The van der Waals surface area contributed by atoms with Crippen LogP contribution in [0.1, 0.15) is 115 Å². The van der Waals surface area contributed by atoms with Gasteiger partial charge in [0.2, 0.25) is 47.3 Å². The highest BCUT2D eigenvalue weighted by atomic mass is 32.2. The van der Waals surface area contributed by atoms with Crippen LogP contribution >= 0.6 is 11.8 Å². The molecule has 496 valence electrons. The molecule has 2 aliphatic heterocycles. The minimum atomic E-state index is -0.926. The maximum Gasteiger partial charge on any atom is 0.251 e. The number of para-hydroxylation sites is 1. The molecule has 3 heterocycles. The van der Waals surface area contributed by atoms with Gasteiger partial charge in [-0.05, 0) is 122 Å². The fraction of sp³-hybridized carbons (Fsp3) is 0.438. The number of aromatic amines is 1. The number of rotatable bonds is 17. The summed E-state index contributed by atoms with van der Waals surface area (Å²) in [6.07, 6.45) is 8.43. The first-order chi connectivity index (χ1) is 45.5. The molecule has 20 nitrogen and oxygen atoms in total. The molecule has 21 heteroatoms. The zero-order valence-electron chi connectivity index (χ0n) is 53.5. The van der Waals surface area contributed by atoms with Crippen molar-refractivity contribution < 1.29 is 43.2 Å². The van der Waals surface area contributed by atoms with E-state index in [9.17, 15) is 38.4 Å². The quantitative estimate of drug-likeness (QED) is 0.0400. The van der Waals surface area contributed by atoms with E-state index in [4.69, 9.17) is 11.5 Å². The molecule has 0 unspecified atom stereocenters. The molecule has 5 aromatic carbocycles. The van der Waals surface area contributed by atoms with Gasteiger partial charge >= 0.3 is 0 Å². The molecule has 11 rings (SSSR count). The van der Waals surface area contributed by atoms with E-state index < -0.39 is 66.9 Å². The normalized spacial score (nSPS) is 21.9. The van der Waals surface area contributed by atoms with Crippen LogP contribution in [0.4, 0.5) is 0 Å². The molecule has 3 saturated carbocycles. The van der Waals surface area contributed by atoms with Crippen molar-refractivity contribution >= 4 is 75.8 Å². The highest BCUT2D eigenvalue weighted by Gasteiger charge is 2.57. The summed E-state index contributed by atoms with van der Waals surface area (Å²) >= 11 is 1.50. The van der Waals surface area contributed by atoms with Crippen molar-refractivity contribution in [2.24, 2.45) is 23.3 Å². The number of amides is 9. The Hall–Kier alpha value is -8.82. The van der Waals surface area contributed by atoms with Crippen molar-refractivity contribution in [3.8, 4) is 0 Å². The number of nitrogens with two attached hydrogens (primary N) is 2. The van der Waals surface area contributed by atoms with E-state index >= 15 is 4.79 Å². The number of carbonyl (C=O) groups excluding carboxylic acids is 9. The number of nitrogens with one attached hydrogen (secondary N) is 5. The predicted octanol–water partition coefficient (Wildman–Crippen LogP) is 6.17. The fourth-order valence-electron chi connectivity index (χ4n) is 12.8. The Morgan fingerprint density at radius 2 is 1.16 bits per heavy atom. The van der Waals surface area contributed by atoms with Gasteiger partial charge in [-0.25, -0.2) is 0 Å². The smallest absolute Gasteiger partial charge is 0.251 e. The molecule has 0 radical (unpaired) electrons. The summed E-state index contributed by atoms with van der Waals surface area (Å²) in [5, 5.41) is 13.8. The van der Waals surface area contributed by atoms with Crippen molar-refractivity contribution in [3.05, 3.63) is 179 Å². The van der Waals surface area contributed by atoms with E-state index in [2.05, 4.69) is 26.3 Å². The molecule has 5 aliphatic rings. The number of hydrogen-bond donors (Lipinski definition) is 7. The predicted molar refractivity (Wildman–Crippen MR) is 362 cm³/mol. The van der Waals surface area contributed by atoms with E-state index in [1.165, 1.54) is 26.5 Å². The Bertz CT molecular complexity index is 3590. The van der Waals surface area contributed by atoms with Crippen molar-refractivity contribution in [1.29, 1.82) is 0 Å². The second kappa shape index (κ2) is 32.8. The monoisotopic (exact) mass is 1300 g/mol. The van der Waals surface area contributed by atoms with Crippen molar-refractivity contribution in [1.82, 2.24) is 45.9 Å². The lowest BCUT2D eigenvalue weighted by Crippen LogP contribution is -2.55.